The van der Waals surface area contributed by atoms with Gasteiger partial charge in [-0.15, -0.1) is 0 Å². The molecule has 2 aliphatic heterocycles. The van der Waals surface area contributed by atoms with Crippen LogP contribution in [0.4, 0.5) is 17.3 Å². The largest absolute Gasteiger partial charge is 0.333 e. The van der Waals surface area contributed by atoms with Gasteiger partial charge in [-0.2, -0.15) is 0 Å². The van der Waals surface area contributed by atoms with Gasteiger partial charge in [0.2, 0.25) is 5.95 Å². The monoisotopic (exact) mass is 554 g/mol. The first-order valence-corrected chi connectivity index (χ1v) is 14.2. The molecule has 4 aromatic carbocycles. The zero-order chi connectivity index (χ0) is 28.6. The highest BCUT2D eigenvalue weighted by Crippen LogP contribution is 2.29. The van der Waals surface area contributed by atoms with E-state index in [1.807, 2.05) is 90.7 Å². The maximum Gasteiger partial charge on any atom is 0.255 e. The van der Waals surface area contributed by atoms with Gasteiger partial charge in [0.25, 0.3) is 11.8 Å². The van der Waals surface area contributed by atoms with Crippen molar-refractivity contribution in [3.05, 3.63) is 114 Å². The quantitative estimate of drug-likeness (QED) is 0.246. The lowest BCUT2D eigenvalue weighted by molar-refractivity contribution is 0.0715. The van der Waals surface area contributed by atoms with Gasteiger partial charge in [0, 0.05) is 58.6 Å². The van der Waals surface area contributed by atoms with Crippen LogP contribution in [0.1, 0.15) is 32.7 Å². The topological polar surface area (TPSA) is 99.2 Å². The maximum atomic E-state index is 13.2. The number of hydrogen-bond acceptors (Lipinski definition) is 6. The second kappa shape index (κ2) is 10.7. The van der Waals surface area contributed by atoms with Gasteiger partial charge in [0.15, 0.2) is 0 Å². The van der Waals surface area contributed by atoms with Crippen LogP contribution < -0.4 is 16.0 Å². The van der Waals surface area contributed by atoms with E-state index < -0.39 is 0 Å². The number of aryl methyl sites for hydroxylation is 1. The van der Waals surface area contributed by atoms with Crippen LogP contribution in [0.3, 0.4) is 0 Å². The number of para-hydroxylation sites is 1. The Labute approximate surface area is 243 Å². The minimum absolute atomic E-state index is 0.0151. The van der Waals surface area contributed by atoms with Gasteiger partial charge in [-0.3, -0.25) is 9.59 Å². The lowest BCUT2D eigenvalue weighted by atomic mass is 10.1. The number of nitrogens with one attached hydrogen (secondary N) is 3. The Morgan fingerprint density at radius 1 is 0.881 bits per heavy atom. The fourth-order valence-electron chi connectivity index (χ4n) is 5.84. The summed E-state index contributed by atoms with van der Waals surface area (Å²) in [5.74, 6) is 0.247. The Kier molecular flexibility index (Phi) is 6.60. The number of aromatic nitrogens is 2. The van der Waals surface area contributed by atoms with Crippen molar-refractivity contribution in [1.29, 1.82) is 0 Å². The molecule has 2 amide bonds. The number of piperazine rings is 1. The molecule has 0 aliphatic carbocycles. The fraction of sp³-hybridized carbons (Fsp3) is 0.176. The molecule has 0 radical (unpaired) electrons. The van der Waals surface area contributed by atoms with Crippen molar-refractivity contribution >= 4 is 40.0 Å². The molecule has 3 N–H and O–H groups in total. The molecule has 2 unspecified atom stereocenters. The molecule has 42 heavy (non-hydrogen) atoms. The van der Waals surface area contributed by atoms with E-state index in [0.717, 1.165) is 52.9 Å². The third kappa shape index (κ3) is 4.97. The number of amides is 2. The summed E-state index contributed by atoms with van der Waals surface area (Å²) in [4.78, 5) is 37.8. The molecule has 2 bridgehead atoms. The number of anilines is 3. The summed E-state index contributed by atoms with van der Waals surface area (Å²) >= 11 is 0. The predicted octanol–water partition coefficient (Wildman–Crippen LogP) is 5.79. The zero-order valence-corrected chi connectivity index (χ0v) is 23.2. The molecule has 5 aromatic rings. The van der Waals surface area contributed by atoms with Gasteiger partial charge < -0.3 is 20.9 Å². The molecule has 0 saturated carbocycles. The second-order valence-electron chi connectivity index (χ2n) is 10.9. The normalized spacial score (nSPS) is 17.4. The Bertz CT molecular complexity index is 1810. The molecule has 8 heteroatoms. The van der Waals surface area contributed by atoms with E-state index in [2.05, 4.69) is 16.0 Å². The van der Waals surface area contributed by atoms with E-state index in [4.69, 9.17) is 9.97 Å². The van der Waals surface area contributed by atoms with Crippen molar-refractivity contribution in [2.45, 2.75) is 25.4 Å². The van der Waals surface area contributed by atoms with E-state index in [9.17, 15) is 9.59 Å². The molecule has 3 heterocycles. The summed E-state index contributed by atoms with van der Waals surface area (Å²) in [5.41, 5.74) is 6.09. The molecule has 8 nitrogen and oxygen atoms in total. The highest BCUT2D eigenvalue weighted by atomic mass is 16.2. The van der Waals surface area contributed by atoms with Gasteiger partial charge in [0.1, 0.15) is 0 Å². The van der Waals surface area contributed by atoms with Gasteiger partial charge in [-0.1, -0.05) is 54.6 Å². The summed E-state index contributed by atoms with van der Waals surface area (Å²) in [6, 6.07) is 31.3. The van der Waals surface area contributed by atoms with Crippen LogP contribution in [-0.4, -0.2) is 51.9 Å². The highest BCUT2D eigenvalue weighted by molar-refractivity contribution is 6.06. The third-order valence-electron chi connectivity index (χ3n) is 8.10. The second-order valence-corrected chi connectivity index (χ2v) is 10.9. The van der Waals surface area contributed by atoms with E-state index in [-0.39, 0.29) is 17.9 Å². The molecule has 2 saturated heterocycles. The van der Waals surface area contributed by atoms with Crippen molar-refractivity contribution in [3.63, 3.8) is 0 Å². The van der Waals surface area contributed by atoms with Gasteiger partial charge in [-0.25, -0.2) is 9.97 Å². The van der Waals surface area contributed by atoms with Crippen LogP contribution in [0.25, 0.3) is 22.2 Å². The molecule has 7 rings (SSSR count). The van der Waals surface area contributed by atoms with E-state index >= 15 is 0 Å². The Morgan fingerprint density at radius 3 is 2.40 bits per heavy atom. The standard InChI is InChI=1S/C34H30N6O2/c1-21-11-12-24(33(42)40-20-26-18-27(40)19-35-26)17-30(21)37-32(41)23-13-15-25(16-14-23)36-34-38-29-10-6-5-9-28(29)31(39-34)22-7-3-2-4-8-22/h2-17,26-27,35H,18-20H2,1H3,(H,37,41)(H,36,38,39). The number of benzene rings is 4. The molecule has 2 fully saturated rings. The van der Waals surface area contributed by atoms with E-state index in [1.54, 1.807) is 18.2 Å². The maximum absolute atomic E-state index is 13.2. The highest BCUT2D eigenvalue weighted by Gasteiger charge is 2.40. The lowest BCUT2D eigenvalue weighted by Gasteiger charge is -2.27. The van der Waals surface area contributed by atoms with E-state index in [0.29, 0.717) is 28.8 Å². The molecule has 1 aromatic heterocycles. The van der Waals surface area contributed by atoms with Crippen molar-refractivity contribution in [2.75, 3.05) is 23.7 Å². The minimum atomic E-state index is -0.244. The number of carbonyl (C=O) groups excluding carboxylic acids is 2. The molecule has 0 spiro atoms. The Balaban J connectivity index is 1.07. The van der Waals surface area contributed by atoms with Crippen molar-refractivity contribution in [2.24, 2.45) is 0 Å². The SMILES string of the molecule is Cc1ccc(C(=O)N2CC3CC2CN3)cc1NC(=O)c1ccc(Nc2nc(-c3ccccc3)c3ccccc3n2)cc1. The van der Waals surface area contributed by atoms with Crippen LogP contribution in [0.15, 0.2) is 97.1 Å². The molecule has 208 valence electrons. The van der Waals surface area contributed by atoms with Crippen LogP contribution in [-0.2, 0) is 0 Å². The number of fused-ring (bicyclic) bond motifs is 3. The van der Waals surface area contributed by atoms with Gasteiger partial charge in [-0.05, 0) is 61.4 Å². The fourth-order valence-corrected chi connectivity index (χ4v) is 5.84. The van der Waals surface area contributed by atoms with Crippen LogP contribution in [0.2, 0.25) is 0 Å². The first kappa shape index (κ1) is 25.9. The Morgan fingerprint density at radius 2 is 1.64 bits per heavy atom. The summed E-state index contributed by atoms with van der Waals surface area (Å²) in [6.07, 6.45) is 1.01. The first-order chi connectivity index (χ1) is 20.5. The lowest BCUT2D eigenvalue weighted by Crippen LogP contribution is -2.46. The molecular weight excluding hydrogens is 524 g/mol. The zero-order valence-electron chi connectivity index (χ0n) is 23.2. The van der Waals surface area contributed by atoms with Crippen molar-refractivity contribution in [3.8, 4) is 11.3 Å². The summed E-state index contributed by atoms with van der Waals surface area (Å²) in [6.45, 7) is 3.50. The average molecular weight is 555 g/mol. The van der Waals surface area contributed by atoms with Crippen LogP contribution >= 0.6 is 0 Å². The molecular formula is C34H30N6O2. The van der Waals surface area contributed by atoms with Crippen molar-refractivity contribution in [1.82, 2.24) is 20.2 Å². The predicted molar refractivity (Wildman–Crippen MR) is 165 cm³/mol. The molecule has 2 atom stereocenters. The number of nitrogens with zero attached hydrogens (tertiary/aromatic N) is 3. The molecule has 2 aliphatic rings. The van der Waals surface area contributed by atoms with Crippen LogP contribution in [0, 0.1) is 6.92 Å². The summed E-state index contributed by atoms with van der Waals surface area (Å²) in [7, 11) is 0. The van der Waals surface area contributed by atoms with Gasteiger partial charge in [0.05, 0.1) is 11.2 Å². The van der Waals surface area contributed by atoms with Crippen LogP contribution in [0.5, 0.6) is 0 Å². The first-order valence-electron chi connectivity index (χ1n) is 14.2. The number of likely N-dealkylation sites (tertiary alicyclic amines) is 1. The Hall–Kier alpha value is -5.08. The third-order valence-corrected chi connectivity index (χ3v) is 8.10. The van der Waals surface area contributed by atoms with Crippen molar-refractivity contribution < 1.29 is 9.59 Å². The number of carbonyl (C=O) groups is 2. The minimum Gasteiger partial charge on any atom is -0.333 e. The van der Waals surface area contributed by atoms with Gasteiger partial charge >= 0.3 is 0 Å². The van der Waals surface area contributed by atoms with E-state index in [1.165, 1.54) is 0 Å². The smallest absolute Gasteiger partial charge is 0.255 e. The summed E-state index contributed by atoms with van der Waals surface area (Å²) < 4.78 is 0. The number of hydrogen-bond donors (Lipinski definition) is 3. The summed E-state index contributed by atoms with van der Waals surface area (Å²) in [5, 5.41) is 10.7. The average Bonchev–Trinajstić information content (AvgIpc) is 3.67. The number of rotatable bonds is 6.